The fraction of sp³-hybridized carbons (Fsp3) is 0.648. The molecule has 2 aromatic carbocycles. The minimum absolute atomic E-state index is 0.00114. The van der Waals surface area contributed by atoms with Gasteiger partial charge in [0.1, 0.15) is 17.5 Å². The van der Waals surface area contributed by atoms with E-state index in [1.807, 2.05) is 12.1 Å². The van der Waals surface area contributed by atoms with Crippen LogP contribution in [0, 0.1) is 17.8 Å². The molecule has 14 heteroatoms. The molecule has 3 N–H and O–H groups in total. The van der Waals surface area contributed by atoms with Crippen LogP contribution in [-0.4, -0.2) is 97.8 Å². The largest absolute Gasteiger partial charge is 0.459 e. The Morgan fingerprint density at radius 1 is 0.897 bits per heavy atom. The highest BCUT2D eigenvalue weighted by molar-refractivity contribution is 6.03. The summed E-state index contributed by atoms with van der Waals surface area (Å²) in [6, 6.07) is 9.99. The van der Waals surface area contributed by atoms with E-state index >= 15 is 0 Å². The van der Waals surface area contributed by atoms with Crippen LogP contribution in [0.4, 0.5) is 4.79 Å². The molecule has 0 bridgehead atoms. The molecule has 5 aliphatic rings. The van der Waals surface area contributed by atoms with Crippen molar-refractivity contribution in [1.29, 1.82) is 0 Å². The molecular formula is C54H77N3O11. The first-order valence-electron chi connectivity index (χ1n) is 25.8. The number of carbonyl (C=O) groups is 2. The molecule has 374 valence electrons. The molecule has 3 aliphatic heterocycles. The summed E-state index contributed by atoms with van der Waals surface area (Å²) in [7, 11) is 1.77. The Kier molecular flexibility index (Phi) is 19.5. The van der Waals surface area contributed by atoms with Gasteiger partial charge in [0.05, 0.1) is 24.8 Å². The van der Waals surface area contributed by atoms with Crippen molar-refractivity contribution in [2.75, 3.05) is 46.8 Å². The first-order valence-corrected chi connectivity index (χ1v) is 25.8. The van der Waals surface area contributed by atoms with Gasteiger partial charge >= 0.3 is 6.09 Å². The van der Waals surface area contributed by atoms with Gasteiger partial charge in [-0.15, -0.1) is 6.58 Å². The van der Waals surface area contributed by atoms with Crippen molar-refractivity contribution in [3.05, 3.63) is 71.8 Å². The van der Waals surface area contributed by atoms with E-state index in [9.17, 15) is 19.8 Å². The van der Waals surface area contributed by atoms with E-state index in [-0.39, 0.29) is 56.7 Å². The molecular weight excluding hydrogens is 867 g/mol. The van der Waals surface area contributed by atoms with E-state index < -0.39 is 30.1 Å². The van der Waals surface area contributed by atoms with Gasteiger partial charge in [-0.3, -0.25) is 4.79 Å². The lowest BCUT2D eigenvalue weighted by Crippen LogP contribution is -2.69. The number of ether oxygens (including phenoxy) is 6. The first-order chi connectivity index (χ1) is 33.3. The third-order valence-corrected chi connectivity index (χ3v) is 14.5. The topological polar surface area (TPSA) is 167 Å². The van der Waals surface area contributed by atoms with Gasteiger partial charge in [-0.25, -0.2) is 4.79 Å². The Bertz CT molecular complexity index is 2020. The van der Waals surface area contributed by atoms with Crippen LogP contribution in [0.5, 0.6) is 23.0 Å². The summed E-state index contributed by atoms with van der Waals surface area (Å²) in [5, 5.41) is 27.8. The van der Waals surface area contributed by atoms with Crippen LogP contribution in [0.2, 0.25) is 0 Å². The zero-order valence-electron chi connectivity index (χ0n) is 40.6. The monoisotopic (exact) mass is 944 g/mol. The number of aliphatic hydroxyl groups excluding tert-OH is 2. The highest BCUT2D eigenvalue weighted by Crippen LogP contribution is 2.62. The van der Waals surface area contributed by atoms with Crippen LogP contribution >= 0.6 is 0 Å². The number of hydrogen-bond donors (Lipinski definition) is 3. The van der Waals surface area contributed by atoms with Crippen molar-refractivity contribution in [2.45, 2.75) is 159 Å². The number of nitrogens with zero attached hydrogens (tertiary/aromatic N) is 2. The molecule has 0 spiro atoms. The third-order valence-electron chi connectivity index (χ3n) is 14.5. The molecule has 2 amide bonds. The number of fused-ring (bicyclic) bond motifs is 3. The normalized spacial score (nSPS) is 25.1. The zero-order valence-corrected chi connectivity index (χ0v) is 40.6. The number of rotatable bonds is 27. The SMILES string of the molecule is C=CCO[C@@]12Oc3ccc(OC(=O)NCCCCCCCCCCCC)cc3[C@H]3[C@H](CCCCO)[C@@H](CCCCO)C=C(C(=NOC4CCCCO4)C[C@@H]1N(C)C(=O)c1ccc4c(c1)OCO4)[C@H]32. The van der Waals surface area contributed by atoms with Gasteiger partial charge in [-0.05, 0) is 98.8 Å². The van der Waals surface area contributed by atoms with Gasteiger partial charge in [-0.1, -0.05) is 94.9 Å². The Balaban J connectivity index is 1.24. The summed E-state index contributed by atoms with van der Waals surface area (Å²) < 4.78 is 37.6. The van der Waals surface area contributed by atoms with Crippen LogP contribution in [0.3, 0.4) is 0 Å². The molecule has 0 aromatic heterocycles. The third kappa shape index (κ3) is 12.6. The lowest BCUT2D eigenvalue weighted by atomic mass is 9.55. The molecule has 7 atom stereocenters. The molecule has 2 fully saturated rings. The van der Waals surface area contributed by atoms with E-state index in [0.717, 1.165) is 68.9 Å². The molecule has 68 heavy (non-hydrogen) atoms. The number of benzene rings is 2. The van der Waals surface area contributed by atoms with Crippen LogP contribution in [-0.2, 0) is 14.3 Å². The number of allylic oxidation sites excluding steroid dienone is 1. The molecule has 1 unspecified atom stereocenters. The average molecular weight is 944 g/mol. The summed E-state index contributed by atoms with van der Waals surface area (Å²) in [6.45, 7) is 7.77. The van der Waals surface area contributed by atoms with Crippen LogP contribution < -0.4 is 24.3 Å². The molecule has 1 saturated heterocycles. The Labute approximate surface area is 403 Å². The number of oxime groups is 1. The molecule has 3 heterocycles. The summed E-state index contributed by atoms with van der Waals surface area (Å²) in [5.41, 5.74) is 2.86. The maximum Gasteiger partial charge on any atom is 0.412 e. The van der Waals surface area contributed by atoms with Gasteiger partial charge < -0.3 is 53.7 Å². The van der Waals surface area contributed by atoms with Crippen LogP contribution in [0.25, 0.3) is 0 Å². The fourth-order valence-corrected chi connectivity index (χ4v) is 11.0. The number of likely N-dealkylation sites (N-methyl/N-ethyl adjacent to an activating group) is 1. The minimum Gasteiger partial charge on any atom is -0.459 e. The number of nitrogens with one attached hydrogen (secondary N) is 1. The second-order valence-electron chi connectivity index (χ2n) is 19.2. The standard InChI is InChI=1S/C54H77N3O11/c1-4-6-7-8-9-10-11-12-13-17-28-55-53(61)66-40-25-27-45-43(35-40)50-41(22-15-19-30-59)38(21-14-18-29-58)33-42-44(56-68-49-23-16-20-32-62-49)36-48(54(67-45,51(42)50)65-31-5-2)57(3)52(60)39-24-26-46-47(34-39)64-37-63-46/h5,24-27,33-35,38,41,48-51,58-59H,2,4,6-23,28-32,36-37H2,1,3H3,(H,55,61)/t38-,41+,48-,49?,50+,51+,54+/m0/s1. The van der Waals surface area contributed by atoms with Gasteiger partial charge in [-0.2, -0.15) is 0 Å². The van der Waals surface area contributed by atoms with Crippen LogP contribution in [0.1, 0.15) is 157 Å². The van der Waals surface area contributed by atoms with Crippen LogP contribution in [0.15, 0.2) is 65.9 Å². The predicted octanol–water partition coefficient (Wildman–Crippen LogP) is 10.4. The quantitative estimate of drug-likeness (QED) is 0.0443. The maximum atomic E-state index is 14.8. The van der Waals surface area contributed by atoms with Crippen molar-refractivity contribution in [3.63, 3.8) is 0 Å². The Hall–Kier alpha value is -4.63. The van der Waals surface area contributed by atoms with Gasteiger partial charge in [0.15, 0.2) is 11.5 Å². The van der Waals surface area contributed by atoms with E-state index in [1.165, 1.54) is 44.9 Å². The zero-order chi connectivity index (χ0) is 47.7. The summed E-state index contributed by atoms with van der Waals surface area (Å²) in [6.07, 6.45) is 22.4. The number of amides is 2. The predicted molar refractivity (Wildman–Crippen MR) is 260 cm³/mol. The molecule has 2 aromatic rings. The smallest absolute Gasteiger partial charge is 0.412 e. The van der Waals surface area contributed by atoms with Crippen molar-refractivity contribution < 1.29 is 53.1 Å². The van der Waals surface area contributed by atoms with Crippen molar-refractivity contribution in [1.82, 2.24) is 10.2 Å². The summed E-state index contributed by atoms with van der Waals surface area (Å²) in [4.78, 5) is 36.1. The number of hydrogen-bond acceptors (Lipinski definition) is 12. The molecule has 0 radical (unpaired) electrons. The van der Waals surface area contributed by atoms with Gasteiger partial charge in [0.25, 0.3) is 5.91 Å². The Morgan fingerprint density at radius 3 is 2.37 bits per heavy atom. The second-order valence-corrected chi connectivity index (χ2v) is 19.2. The average Bonchev–Trinajstić information content (AvgIpc) is 3.84. The highest BCUT2D eigenvalue weighted by Gasteiger charge is 2.65. The Morgan fingerprint density at radius 2 is 1.63 bits per heavy atom. The molecule has 1 saturated carbocycles. The lowest BCUT2D eigenvalue weighted by molar-refractivity contribution is -0.252. The van der Waals surface area contributed by atoms with E-state index in [4.69, 9.17) is 38.4 Å². The number of unbranched alkanes of at least 4 members (excludes halogenated alkanes) is 11. The highest BCUT2D eigenvalue weighted by atomic mass is 16.8. The van der Waals surface area contributed by atoms with Crippen molar-refractivity contribution in [2.24, 2.45) is 22.9 Å². The number of carbonyl (C=O) groups excluding carboxylic acids is 2. The van der Waals surface area contributed by atoms with Gasteiger partial charge in [0, 0.05) is 56.7 Å². The van der Waals surface area contributed by atoms with Crippen molar-refractivity contribution in [3.8, 4) is 23.0 Å². The first kappa shape index (κ1) is 51.2. The number of aliphatic hydroxyl groups is 2. The molecule has 14 nitrogen and oxygen atoms in total. The van der Waals surface area contributed by atoms with E-state index in [0.29, 0.717) is 66.7 Å². The molecule has 7 rings (SSSR count). The van der Waals surface area contributed by atoms with E-state index in [2.05, 4.69) is 24.9 Å². The summed E-state index contributed by atoms with van der Waals surface area (Å²) in [5.74, 6) is -0.454. The summed E-state index contributed by atoms with van der Waals surface area (Å²) >= 11 is 0. The van der Waals surface area contributed by atoms with Gasteiger partial charge in [0.2, 0.25) is 18.9 Å². The maximum absolute atomic E-state index is 14.8. The molecule has 2 aliphatic carbocycles. The minimum atomic E-state index is -1.45. The fourth-order valence-electron chi connectivity index (χ4n) is 11.0. The van der Waals surface area contributed by atoms with Crippen molar-refractivity contribution >= 4 is 17.7 Å². The van der Waals surface area contributed by atoms with E-state index in [1.54, 1.807) is 42.3 Å². The second kappa shape index (κ2) is 25.8. The lowest BCUT2D eigenvalue weighted by Gasteiger charge is -2.59.